The SMILES string of the molecule is CN(C)CCN(CCC(=O)O)Cc1ccccc1C#N. The van der Waals surface area contributed by atoms with Crippen LogP contribution in [0, 0.1) is 11.3 Å². The molecule has 0 fully saturated rings. The van der Waals surface area contributed by atoms with Crippen molar-refractivity contribution in [2.24, 2.45) is 0 Å². The first-order chi connectivity index (χ1) is 9.52. The monoisotopic (exact) mass is 275 g/mol. The van der Waals surface area contributed by atoms with Crippen LogP contribution in [-0.2, 0) is 11.3 Å². The van der Waals surface area contributed by atoms with Crippen LogP contribution in [0.1, 0.15) is 17.5 Å². The maximum absolute atomic E-state index is 10.7. The third-order valence-corrected chi connectivity index (χ3v) is 3.04. The van der Waals surface area contributed by atoms with E-state index in [1.165, 1.54) is 0 Å². The first-order valence-electron chi connectivity index (χ1n) is 6.60. The van der Waals surface area contributed by atoms with E-state index in [1.54, 1.807) is 6.07 Å². The Kier molecular flexibility index (Phi) is 6.71. The van der Waals surface area contributed by atoms with Gasteiger partial charge in [-0.25, -0.2) is 0 Å². The standard InChI is InChI=1S/C15H21N3O2/c1-17(2)9-10-18(8-7-15(19)20)12-14-6-4-3-5-13(14)11-16/h3-6H,7-10,12H2,1-2H3,(H,19,20). The summed E-state index contributed by atoms with van der Waals surface area (Å²) in [6, 6.07) is 9.62. The second-order valence-electron chi connectivity index (χ2n) is 4.99. The topological polar surface area (TPSA) is 67.6 Å². The fraction of sp³-hybridized carbons (Fsp3) is 0.467. The first-order valence-corrected chi connectivity index (χ1v) is 6.60. The van der Waals surface area contributed by atoms with Crippen LogP contribution in [0.5, 0.6) is 0 Å². The van der Waals surface area contributed by atoms with Gasteiger partial charge in [-0.3, -0.25) is 9.69 Å². The van der Waals surface area contributed by atoms with E-state index in [0.717, 1.165) is 18.7 Å². The summed E-state index contributed by atoms with van der Waals surface area (Å²) in [4.78, 5) is 14.9. The Bertz CT molecular complexity index is 480. The van der Waals surface area contributed by atoms with Crippen LogP contribution in [0.15, 0.2) is 24.3 Å². The lowest BCUT2D eigenvalue weighted by molar-refractivity contribution is -0.137. The zero-order valence-corrected chi connectivity index (χ0v) is 12.0. The number of aliphatic carboxylic acids is 1. The van der Waals surface area contributed by atoms with Gasteiger partial charge in [0.15, 0.2) is 0 Å². The van der Waals surface area contributed by atoms with Crippen molar-refractivity contribution in [1.82, 2.24) is 9.80 Å². The highest BCUT2D eigenvalue weighted by atomic mass is 16.4. The second-order valence-corrected chi connectivity index (χ2v) is 4.99. The molecule has 1 N–H and O–H groups in total. The number of carboxylic acid groups (broad SMARTS) is 1. The van der Waals surface area contributed by atoms with Crippen molar-refractivity contribution in [3.63, 3.8) is 0 Å². The minimum atomic E-state index is -0.798. The fourth-order valence-electron chi connectivity index (χ4n) is 1.87. The summed E-state index contributed by atoms with van der Waals surface area (Å²) in [5, 5.41) is 17.9. The molecule has 1 aromatic rings. The number of benzene rings is 1. The highest BCUT2D eigenvalue weighted by molar-refractivity contribution is 5.66. The number of rotatable bonds is 8. The minimum Gasteiger partial charge on any atom is -0.481 e. The zero-order chi connectivity index (χ0) is 15.0. The van der Waals surface area contributed by atoms with Gasteiger partial charge in [0.2, 0.25) is 0 Å². The Morgan fingerprint density at radius 3 is 2.55 bits per heavy atom. The van der Waals surface area contributed by atoms with E-state index in [9.17, 15) is 4.79 Å². The Labute approximate surface area is 120 Å². The van der Waals surface area contributed by atoms with Crippen LogP contribution in [0.4, 0.5) is 0 Å². The minimum absolute atomic E-state index is 0.113. The van der Waals surface area contributed by atoms with E-state index in [-0.39, 0.29) is 6.42 Å². The van der Waals surface area contributed by atoms with Gasteiger partial charge in [0.05, 0.1) is 18.1 Å². The van der Waals surface area contributed by atoms with Gasteiger partial charge in [-0.2, -0.15) is 5.26 Å². The molecule has 0 bridgehead atoms. The lowest BCUT2D eigenvalue weighted by atomic mass is 10.1. The average molecular weight is 275 g/mol. The van der Waals surface area contributed by atoms with Gasteiger partial charge in [-0.05, 0) is 25.7 Å². The maximum atomic E-state index is 10.7. The average Bonchev–Trinajstić information content (AvgIpc) is 2.42. The van der Waals surface area contributed by atoms with Gasteiger partial charge < -0.3 is 10.0 Å². The van der Waals surface area contributed by atoms with E-state index >= 15 is 0 Å². The number of nitriles is 1. The number of carboxylic acids is 1. The summed E-state index contributed by atoms with van der Waals surface area (Å²) >= 11 is 0. The molecule has 108 valence electrons. The molecule has 0 aliphatic heterocycles. The van der Waals surface area contributed by atoms with Gasteiger partial charge in [0.1, 0.15) is 0 Å². The van der Waals surface area contributed by atoms with Crippen molar-refractivity contribution >= 4 is 5.97 Å². The molecular formula is C15H21N3O2. The largest absolute Gasteiger partial charge is 0.481 e. The summed E-state index contributed by atoms with van der Waals surface area (Å²) < 4.78 is 0. The molecule has 1 aromatic carbocycles. The molecule has 0 saturated heterocycles. The molecule has 5 nitrogen and oxygen atoms in total. The van der Waals surface area contributed by atoms with Crippen molar-refractivity contribution in [2.75, 3.05) is 33.7 Å². The Morgan fingerprint density at radius 2 is 1.95 bits per heavy atom. The van der Waals surface area contributed by atoms with E-state index in [1.807, 2.05) is 32.3 Å². The van der Waals surface area contributed by atoms with Crippen LogP contribution in [-0.4, -0.2) is 54.6 Å². The first kappa shape index (κ1) is 16.2. The molecular weight excluding hydrogens is 254 g/mol. The van der Waals surface area contributed by atoms with Crippen LogP contribution in [0.2, 0.25) is 0 Å². The second kappa shape index (κ2) is 8.31. The normalized spacial score (nSPS) is 10.8. The smallest absolute Gasteiger partial charge is 0.304 e. The third kappa shape index (κ3) is 5.83. The summed E-state index contributed by atoms with van der Waals surface area (Å²) in [7, 11) is 3.97. The summed E-state index contributed by atoms with van der Waals surface area (Å²) in [6.07, 6.45) is 0.113. The van der Waals surface area contributed by atoms with Gasteiger partial charge in [0, 0.05) is 26.2 Å². The number of hydrogen-bond acceptors (Lipinski definition) is 4. The molecule has 5 heteroatoms. The van der Waals surface area contributed by atoms with Gasteiger partial charge in [-0.15, -0.1) is 0 Å². The molecule has 20 heavy (non-hydrogen) atoms. The molecule has 0 unspecified atom stereocenters. The van der Waals surface area contributed by atoms with Crippen molar-refractivity contribution in [1.29, 1.82) is 5.26 Å². The number of hydrogen-bond donors (Lipinski definition) is 1. The molecule has 0 amide bonds. The summed E-state index contributed by atoms with van der Waals surface area (Å²) in [6.45, 7) is 2.72. The van der Waals surface area contributed by atoms with Crippen molar-refractivity contribution < 1.29 is 9.90 Å². The number of nitrogens with zero attached hydrogens (tertiary/aromatic N) is 3. The Balaban J connectivity index is 2.71. The molecule has 0 saturated carbocycles. The molecule has 0 aliphatic carbocycles. The maximum Gasteiger partial charge on any atom is 0.304 e. The summed E-state index contributed by atoms with van der Waals surface area (Å²) in [5.74, 6) is -0.798. The molecule has 0 aliphatic rings. The zero-order valence-electron chi connectivity index (χ0n) is 12.0. The lowest BCUT2D eigenvalue weighted by Crippen LogP contribution is -2.33. The van der Waals surface area contributed by atoms with Gasteiger partial charge >= 0.3 is 5.97 Å². The van der Waals surface area contributed by atoms with E-state index in [2.05, 4.69) is 15.9 Å². The fourth-order valence-corrected chi connectivity index (χ4v) is 1.87. The van der Waals surface area contributed by atoms with Crippen molar-refractivity contribution in [2.45, 2.75) is 13.0 Å². The molecule has 0 spiro atoms. The Morgan fingerprint density at radius 1 is 1.25 bits per heavy atom. The lowest BCUT2D eigenvalue weighted by Gasteiger charge is -2.24. The third-order valence-electron chi connectivity index (χ3n) is 3.04. The number of carbonyl (C=O) groups is 1. The highest BCUT2D eigenvalue weighted by Crippen LogP contribution is 2.11. The molecule has 0 heterocycles. The molecule has 1 rings (SSSR count). The van der Waals surface area contributed by atoms with E-state index < -0.39 is 5.97 Å². The van der Waals surface area contributed by atoms with Crippen molar-refractivity contribution in [3.8, 4) is 6.07 Å². The highest BCUT2D eigenvalue weighted by Gasteiger charge is 2.11. The Hall–Kier alpha value is -1.90. The van der Waals surface area contributed by atoms with Crippen molar-refractivity contribution in [3.05, 3.63) is 35.4 Å². The predicted molar refractivity (Wildman–Crippen MR) is 77.2 cm³/mol. The molecule has 0 atom stereocenters. The van der Waals surface area contributed by atoms with Gasteiger partial charge in [0.25, 0.3) is 0 Å². The van der Waals surface area contributed by atoms with Crippen LogP contribution in [0.3, 0.4) is 0 Å². The van der Waals surface area contributed by atoms with E-state index in [0.29, 0.717) is 18.7 Å². The van der Waals surface area contributed by atoms with Crippen LogP contribution in [0.25, 0.3) is 0 Å². The summed E-state index contributed by atoms with van der Waals surface area (Å²) in [5.41, 5.74) is 1.59. The molecule has 0 aromatic heterocycles. The van der Waals surface area contributed by atoms with Gasteiger partial charge in [-0.1, -0.05) is 18.2 Å². The van der Waals surface area contributed by atoms with Crippen LogP contribution >= 0.6 is 0 Å². The van der Waals surface area contributed by atoms with E-state index in [4.69, 9.17) is 10.4 Å². The van der Waals surface area contributed by atoms with Crippen LogP contribution < -0.4 is 0 Å². The molecule has 0 radical (unpaired) electrons. The predicted octanol–water partition coefficient (Wildman–Crippen LogP) is 1.40. The number of likely N-dealkylation sites (N-methyl/N-ethyl adjacent to an activating group) is 1. The quantitative estimate of drug-likeness (QED) is 0.776.